The maximum absolute atomic E-state index is 11.4. The van der Waals surface area contributed by atoms with Gasteiger partial charge in [0.05, 0.1) is 6.04 Å². The zero-order valence-electron chi connectivity index (χ0n) is 8.55. The van der Waals surface area contributed by atoms with E-state index in [0.29, 0.717) is 6.54 Å². The van der Waals surface area contributed by atoms with Crippen LogP contribution in [0.2, 0.25) is 0 Å². The Hall–Kier alpha value is -1.01. The van der Waals surface area contributed by atoms with Gasteiger partial charge < -0.3 is 10.6 Å². The van der Waals surface area contributed by atoms with Gasteiger partial charge in [-0.2, -0.15) is 0 Å². The van der Waals surface area contributed by atoms with Crippen LogP contribution >= 0.6 is 0 Å². The van der Waals surface area contributed by atoms with Gasteiger partial charge in [-0.3, -0.25) is 4.79 Å². The quantitative estimate of drug-likeness (QED) is 0.603. The van der Waals surface area contributed by atoms with Crippen LogP contribution < -0.4 is 10.6 Å². The fraction of sp³-hybridized carbons (Fsp3) is 0.700. The third-order valence-corrected chi connectivity index (χ3v) is 1.88. The maximum atomic E-state index is 11.4. The molecule has 74 valence electrons. The van der Waals surface area contributed by atoms with Gasteiger partial charge in [0, 0.05) is 12.5 Å². The van der Waals surface area contributed by atoms with Gasteiger partial charge in [-0.05, 0) is 13.5 Å². The van der Waals surface area contributed by atoms with Crippen LogP contribution in [0.4, 0.5) is 0 Å². The molecule has 0 aromatic carbocycles. The Kier molecular flexibility index (Phi) is 5.99. The van der Waals surface area contributed by atoms with Crippen molar-refractivity contribution < 1.29 is 4.79 Å². The molecule has 0 saturated carbocycles. The molecule has 2 unspecified atom stereocenters. The third-order valence-electron chi connectivity index (χ3n) is 1.88. The highest BCUT2D eigenvalue weighted by Gasteiger charge is 2.13. The molecule has 0 rings (SSSR count). The number of carbonyl (C=O) groups is 1. The first-order valence-electron chi connectivity index (χ1n) is 4.56. The highest BCUT2D eigenvalue weighted by atomic mass is 16.1. The topological polar surface area (TPSA) is 41.1 Å². The second-order valence-corrected chi connectivity index (χ2v) is 3.09. The first-order chi connectivity index (χ1) is 6.15. The van der Waals surface area contributed by atoms with Crippen molar-refractivity contribution in [2.75, 3.05) is 13.6 Å². The van der Waals surface area contributed by atoms with Crippen molar-refractivity contribution in [3.63, 3.8) is 0 Å². The zero-order chi connectivity index (χ0) is 10.3. The van der Waals surface area contributed by atoms with Crippen LogP contribution in [0.1, 0.15) is 20.3 Å². The number of terminal acetylenes is 1. The van der Waals surface area contributed by atoms with E-state index in [4.69, 9.17) is 6.42 Å². The number of hydrogen-bond acceptors (Lipinski definition) is 2. The summed E-state index contributed by atoms with van der Waals surface area (Å²) in [4.78, 5) is 11.4. The number of rotatable bonds is 5. The van der Waals surface area contributed by atoms with Crippen LogP contribution in [0.5, 0.6) is 0 Å². The first kappa shape index (κ1) is 12.0. The van der Waals surface area contributed by atoms with Crippen molar-refractivity contribution in [1.29, 1.82) is 0 Å². The number of hydrogen-bond donors (Lipinski definition) is 2. The molecule has 3 nitrogen and oxygen atoms in total. The van der Waals surface area contributed by atoms with E-state index in [-0.39, 0.29) is 17.9 Å². The van der Waals surface area contributed by atoms with Crippen molar-refractivity contribution in [1.82, 2.24) is 10.6 Å². The van der Waals surface area contributed by atoms with E-state index >= 15 is 0 Å². The van der Waals surface area contributed by atoms with E-state index in [1.165, 1.54) is 0 Å². The molecule has 0 saturated heterocycles. The molecular weight excluding hydrogens is 164 g/mol. The predicted octanol–water partition coefficient (Wildman–Crippen LogP) is 0.370. The van der Waals surface area contributed by atoms with Crippen molar-refractivity contribution >= 4 is 5.91 Å². The normalized spacial score (nSPS) is 14.3. The summed E-state index contributed by atoms with van der Waals surface area (Å²) in [6, 6.07) is -0.133. The molecule has 2 atom stereocenters. The molecule has 0 aliphatic rings. The summed E-state index contributed by atoms with van der Waals surface area (Å²) >= 11 is 0. The summed E-state index contributed by atoms with van der Waals surface area (Å²) in [5.74, 6) is 2.51. The Labute approximate surface area is 80.3 Å². The molecule has 2 N–H and O–H groups in total. The Balaban J connectivity index is 3.92. The minimum Gasteiger partial charge on any atom is -0.342 e. The number of amides is 1. The standard InChI is InChI=1S/C10H18N2O/c1-5-9(6-2)12-10(13)8(3)7-11-4/h1,8-9,11H,6-7H2,2-4H3,(H,12,13). The average Bonchev–Trinajstić information content (AvgIpc) is 2.14. The highest BCUT2D eigenvalue weighted by Crippen LogP contribution is 1.95. The Morgan fingerprint density at radius 2 is 2.23 bits per heavy atom. The van der Waals surface area contributed by atoms with E-state index in [0.717, 1.165) is 6.42 Å². The lowest BCUT2D eigenvalue weighted by molar-refractivity contribution is -0.124. The van der Waals surface area contributed by atoms with Gasteiger partial charge in [-0.25, -0.2) is 0 Å². The summed E-state index contributed by atoms with van der Waals surface area (Å²) in [7, 11) is 1.82. The third kappa shape index (κ3) is 4.54. The van der Waals surface area contributed by atoms with Gasteiger partial charge in [0.15, 0.2) is 0 Å². The van der Waals surface area contributed by atoms with Gasteiger partial charge in [-0.1, -0.05) is 19.8 Å². The summed E-state index contributed by atoms with van der Waals surface area (Å²) in [6.07, 6.45) is 6.00. The van der Waals surface area contributed by atoms with Gasteiger partial charge >= 0.3 is 0 Å². The lowest BCUT2D eigenvalue weighted by atomic mass is 10.1. The fourth-order valence-electron chi connectivity index (χ4n) is 0.974. The summed E-state index contributed by atoms with van der Waals surface area (Å²) in [6.45, 7) is 4.50. The van der Waals surface area contributed by atoms with E-state index in [9.17, 15) is 4.79 Å². The molecule has 0 spiro atoms. The van der Waals surface area contributed by atoms with E-state index in [2.05, 4.69) is 16.6 Å². The molecule has 3 heteroatoms. The Morgan fingerprint density at radius 3 is 2.62 bits per heavy atom. The van der Waals surface area contributed by atoms with E-state index < -0.39 is 0 Å². The molecule has 1 amide bonds. The zero-order valence-corrected chi connectivity index (χ0v) is 8.55. The van der Waals surface area contributed by atoms with Crippen molar-refractivity contribution in [2.45, 2.75) is 26.3 Å². The minimum absolute atomic E-state index is 0.0131. The molecule has 0 aliphatic carbocycles. The minimum atomic E-state index is -0.133. The maximum Gasteiger partial charge on any atom is 0.225 e. The monoisotopic (exact) mass is 182 g/mol. The summed E-state index contributed by atoms with van der Waals surface area (Å²) < 4.78 is 0. The van der Waals surface area contributed by atoms with Gasteiger partial charge in [0.2, 0.25) is 5.91 Å². The van der Waals surface area contributed by atoms with E-state index in [1.807, 2.05) is 20.9 Å². The molecule has 0 aromatic heterocycles. The molecule has 13 heavy (non-hydrogen) atoms. The summed E-state index contributed by atoms with van der Waals surface area (Å²) in [5, 5.41) is 5.73. The van der Waals surface area contributed by atoms with Crippen molar-refractivity contribution in [2.24, 2.45) is 5.92 Å². The largest absolute Gasteiger partial charge is 0.342 e. The van der Waals surface area contributed by atoms with Crippen LogP contribution in [-0.4, -0.2) is 25.5 Å². The molecule has 0 aliphatic heterocycles. The van der Waals surface area contributed by atoms with Gasteiger partial charge in [0.25, 0.3) is 0 Å². The van der Waals surface area contributed by atoms with Gasteiger partial charge in [-0.15, -0.1) is 6.42 Å². The smallest absolute Gasteiger partial charge is 0.225 e. The molecule has 0 radical (unpaired) electrons. The van der Waals surface area contributed by atoms with Crippen LogP contribution in [0.25, 0.3) is 0 Å². The highest BCUT2D eigenvalue weighted by molar-refractivity contribution is 5.79. The predicted molar refractivity (Wildman–Crippen MR) is 54.1 cm³/mol. The molecular formula is C10H18N2O. The number of carbonyl (C=O) groups excluding carboxylic acids is 1. The van der Waals surface area contributed by atoms with Crippen molar-refractivity contribution in [3.05, 3.63) is 0 Å². The van der Waals surface area contributed by atoms with Crippen molar-refractivity contribution in [3.8, 4) is 12.3 Å². The molecule has 0 aromatic rings. The Bertz CT molecular complexity index is 196. The van der Waals surface area contributed by atoms with Gasteiger partial charge in [0.1, 0.15) is 0 Å². The lowest BCUT2D eigenvalue weighted by Crippen LogP contribution is -2.39. The van der Waals surface area contributed by atoms with Crippen LogP contribution in [-0.2, 0) is 4.79 Å². The first-order valence-corrected chi connectivity index (χ1v) is 4.56. The molecule has 0 bridgehead atoms. The average molecular weight is 182 g/mol. The van der Waals surface area contributed by atoms with Crippen LogP contribution in [0, 0.1) is 18.3 Å². The SMILES string of the molecule is C#CC(CC)NC(=O)C(C)CNC. The lowest BCUT2D eigenvalue weighted by Gasteiger charge is -2.15. The fourth-order valence-corrected chi connectivity index (χ4v) is 0.974. The number of nitrogens with one attached hydrogen (secondary N) is 2. The van der Waals surface area contributed by atoms with E-state index in [1.54, 1.807) is 0 Å². The van der Waals surface area contributed by atoms with Crippen LogP contribution in [0.15, 0.2) is 0 Å². The second-order valence-electron chi connectivity index (χ2n) is 3.09. The summed E-state index contributed by atoms with van der Waals surface area (Å²) in [5.41, 5.74) is 0. The molecule has 0 heterocycles. The second kappa shape index (κ2) is 6.50. The Morgan fingerprint density at radius 1 is 1.62 bits per heavy atom. The van der Waals surface area contributed by atoms with Crippen LogP contribution in [0.3, 0.4) is 0 Å². The molecule has 0 fully saturated rings.